The van der Waals surface area contributed by atoms with Crippen LogP contribution in [0.1, 0.15) is 57.9 Å². The second kappa shape index (κ2) is 11.5. The Morgan fingerprint density at radius 2 is 1.93 bits per heavy atom. The van der Waals surface area contributed by atoms with E-state index in [1.165, 1.54) is 24.8 Å². The molecule has 27 heavy (non-hydrogen) atoms. The Hall–Kier alpha value is -1.32. The van der Waals surface area contributed by atoms with Crippen molar-refractivity contribution >= 4 is 17.6 Å². The van der Waals surface area contributed by atoms with Crippen LogP contribution in [0.3, 0.4) is 0 Å². The van der Waals surface area contributed by atoms with Gasteiger partial charge in [0.05, 0.1) is 26.2 Å². The first kappa shape index (κ1) is 22.0. The highest BCUT2D eigenvalue weighted by molar-refractivity contribution is 6.31. The summed E-state index contributed by atoms with van der Waals surface area (Å²) in [6.07, 6.45) is 10.1. The molecule has 150 valence electrons. The molecule has 0 saturated carbocycles. The summed E-state index contributed by atoms with van der Waals surface area (Å²) >= 11 is 6.29. The van der Waals surface area contributed by atoms with Gasteiger partial charge in [0.25, 0.3) is 0 Å². The standard InChI is InChI=1S/C23H35ClNO2/c1-3-4-10-17-27-23(26)19-25(14-8-5-9-15-25)16-13-20(2)18-21-11-6-7-12-22(21)24/h6-7,11-13H,3-5,8-10,14-19H2,1-2H3/q+1/b20-13+. The zero-order valence-electron chi connectivity index (χ0n) is 17.0. The normalized spacial score (nSPS) is 16.9. The Labute approximate surface area is 169 Å². The summed E-state index contributed by atoms with van der Waals surface area (Å²) in [5.41, 5.74) is 2.47. The number of unbranched alkanes of at least 4 members (excludes halogenated alkanes) is 2. The molecule has 1 saturated heterocycles. The van der Waals surface area contributed by atoms with E-state index in [-0.39, 0.29) is 5.97 Å². The maximum absolute atomic E-state index is 12.4. The Kier molecular flexibility index (Phi) is 9.36. The van der Waals surface area contributed by atoms with Crippen molar-refractivity contribution in [2.24, 2.45) is 0 Å². The van der Waals surface area contributed by atoms with Crippen LogP contribution < -0.4 is 0 Å². The van der Waals surface area contributed by atoms with Gasteiger partial charge >= 0.3 is 5.97 Å². The number of rotatable bonds is 10. The predicted octanol–water partition coefficient (Wildman–Crippen LogP) is 5.56. The van der Waals surface area contributed by atoms with Gasteiger partial charge < -0.3 is 9.22 Å². The van der Waals surface area contributed by atoms with Gasteiger partial charge in [0.1, 0.15) is 0 Å². The minimum absolute atomic E-state index is 0.0369. The third-order valence-corrected chi connectivity index (χ3v) is 5.86. The van der Waals surface area contributed by atoms with Gasteiger partial charge in [-0.15, -0.1) is 0 Å². The average Bonchev–Trinajstić information content (AvgIpc) is 2.66. The molecule has 0 N–H and O–H groups in total. The molecule has 0 atom stereocenters. The Bertz CT molecular complexity index is 621. The van der Waals surface area contributed by atoms with Crippen molar-refractivity contribution in [3.8, 4) is 0 Å². The number of hydrogen-bond acceptors (Lipinski definition) is 2. The lowest BCUT2D eigenvalue weighted by molar-refractivity contribution is -0.920. The first-order valence-corrected chi connectivity index (χ1v) is 10.8. The van der Waals surface area contributed by atoms with E-state index in [1.54, 1.807) is 0 Å². The zero-order valence-corrected chi connectivity index (χ0v) is 17.8. The Balaban J connectivity index is 1.94. The highest BCUT2D eigenvalue weighted by atomic mass is 35.5. The molecule has 0 unspecified atom stereocenters. The van der Waals surface area contributed by atoms with Crippen molar-refractivity contribution in [2.75, 3.05) is 32.8 Å². The minimum atomic E-state index is -0.0369. The molecule has 1 aromatic rings. The van der Waals surface area contributed by atoms with Gasteiger partial charge in [-0.3, -0.25) is 0 Å². The van der Waals surface area contributed by atoms with Crippen LogP contribution in [0.2, 0.25) is 5.02 Å². The molecule has 0 radical (unpaired) electrons. The molecule has 0 bridgehead atoms. The molecule has 3 nitrogen and oxygen atoms in total. The number of ether oxygens (including phenoxy) is 1. The minimum Gasteiger partial charge on any atom is -0.462 e. The van der Waals surface area contributed by atoms with Crippen molar-refractivity contribution in [1.29, 1.82) is 0 Å². The number of halogens is 1. The molecular formula is C23H35ClNO2+. The molecule has 1 heterocycles. The monoisotopic (exact) mass is 392 g/mol. The third-order valence-electron chi connectivity index (χ3n) is 5.49. The molecule has 0 amide bonds. The van der Waals surface area contributed by atoms with Gasteiger partial charge in [-0.1, -0.05) is 55.1 Å². The lowest BCUT2D eigenvalue weighted by Gasteiger charge is -2.40. The topological polar surface area (TPSA) is 26.3 Å². The third kappa shape index (κ3) is 7.67. The maximum Gasteiger partial charge on any atom is 0.361 e. The van der Waals surface area contributed by atoms with Gasteiger partial charge in [-0.2, -0.15) is 0 Å². The SMILES string of the molecule is CCCCCOC(=O)C[N+]1(C/C=C(\C)Cc2ccccc2Cl)CCCCC1. The Morgan fingerprint density at radius 1 is 1.19 bits per heavy atom. The molecule has 1 aromatic carbocycles. The van der Waals surface area contributed by atoms with Crippen molar-refractivity contribution < 1.29 is 14.0 Å². The fraction of sp³-hybridized carbons (Fsp3) is 0.609. The van der Waals surface area contributed by atoms with Crippen LogP contribution in [0.5, 0.6) is 0 Å². The quantitative estimate of drug-likeness (QED) is 0.225. The summed E-state index contributed by atoms with van der Waals surface area (Å²) in [6.45, 7) is 8.43. The lowest BCUT2D eigenvalue weighted by atomic mass is 10.0. The summed E-state index contributed by atoms with van der Waals surface area (Å²) in [6, 6.07) is 8.02. The van der Waals surface area contributed by atoms with Crippen molar-refractivity contribution in [2.45, 2.75) is 58.8 Å². The molecular weight excluding hydrogens is 358 g/mol. The van der Waals surface area contributed by atoms with Crippen LogP contribution in [-0.4, -0.2) is 43.2 Å². The molecule has 1 aliphatic heterocycles. The summed E-state index contributed by atoms with van der Waals surface area (Å²) in [5.74, 6) is -0.0369. The zero-order chi connectivity index (χ0) is 19.5. The van der Waals surface area contributed by atoms with Crippen LogP contribution in [0.25, 0.3) is 0 Å². The summed E-state index contributed by atoms with van der Waals surface area (Å²) in [5, 5.41) is 0.822. The molecule has 2 rings (SSSR count). The van der Waals surface area contributed by atoms with Gasteiger partial charge in [0.15, 0.2) is 6.54 Å². The van der Waals surface area contributed by atoms with Gasteiger partial charge in [-0.25, -0.2) is 4.79 Å². The molecule has 1 fully saturated rings. The Morgan fingerprint density at radius 3 is 2.63 bits per heavy atom. The fourth-order valence-corrected chi connectivity index (χ4v) is 4.01. The smallest absolute Gasteiger partial charge is 0.361 e. The van der Waals surface area contributed by atoms with Crippen LogP contribution in [0.15, 0.2) is 35.9 Å². The number of quaternary nitrogens is 1. The predicted molar refractivity (Wildman–Crippen MR) is 113 cm³/mol. The van der Waals surface area contributed by atoms with Crippen molar-refractivity contribution in [3.05, 3.63) is 46.5 Å². The number of carbonyl (C=O) groups is 1. The van der Waals surface area contributed by atoms with Gasteiger partial charge in [0, 0.05) is 5.02 Å². The number of piperidine rings is 1. The van der Waals surface area contributed by atoms with Gasteiger partial charge in [0.2, 0.25) is 0 Å². The number of benzene rings is 1. The first-order chi connectivity index (χ1) is 13.0. The molecule has 0 aromatic heterocycles. The largest absolute Gasteiger partial charge is 0.462 e. The van der Waals surface area contributed by atoms with E-state index in [9.17, 15) is 4.79 Å². The van der Waals surface area contributed by atoms with Crippen LogP contribution >= 0.6 is 11.6 Å². The molecule has 1 aliphatic rings. The molecule has 4 heteroatoms. The number of esters is 1. The molecule has 0 spiro atoms. The van der Waals surface area contributed by atoms with E-state index in [0.29, 0.717) is 13.2 Å². The summed E-state index contributed by atoms with van der Waals surface area (Å²) in [7, 11) is 0. The number of allylic oxidation sites excluding steroid dienone is 1. The van der Waals surface area contributed by atoms with E-state index < -0.39 is 0 Å². The fourth-order valence-electron chi connectivity index (χ4n) is 3.81. The van der Waals surface area contributed by atoms with Crippen LogP contribution in [0.4, 0.5) is 0 Å². The van der Waals surface area contributed by atoms with Crippen LogP contribution in [-0.2, 0) is 16.0 Å². The van der Waals surface area contributed by atoms with E-state index >= 15 is 0 Å². The molecule has 0 aliphatic carbocycles. The van der Waals surface area contributed by atoms with Gasteiger partial charge in [-0.05, 0) is 56.7 Å². The highest BCUT2D eigenvalue weighted by Crippen LogP contribution is 2.22. The first-order valence-electron chi connectivity index (χ1n) is 10.4. The summed E-state index contributed by atoms with van der Waals surface area (Å²) in [4.78, 5) is 12.4. The number of nitrogens with zero attached hydrogens (tertiary/aromatic N) is 1. The maximum atomic E-state index is 12.4. The van der Waals surface area contributed by atoms with E-state index in [0.717, 1.165) is 60.4 Å². The van der Waals surface area contributed by atoms with E-state index in [4.69, 9.17) is 16.3 Å². The highest BCUT2D eigenvalue weighted by Gasteiger charge is 2.32. The van der Waals surface area contributed by atoms with E-state index in [1.807, 2.05) is 18.2 Å². The second-order valence-corrected chi connectivity index (χ2v) is 8.34. The average molecular weight is 393 g/mol. The second-order valence-electron chi connectivity index (χ2n) is 7.94. The number of likely N-dealkylation sites (tertiary alicyclic amines) is 1. The lowest BCUT2D eigenvalue weighted by Crippen LogP contribution is -2.54. The van der Waals surface area contributed by atoms with Crippen LogP contribution in [0, 0.1) is 0 Å². The summed E-state index contributed by atoms with van der Waals surface area (Å²) < 4.78 is 6.34. The van der Waals surface area contributed by atoms with E-state index in [2.05, 4.69) is 26.0 Å². The number of hydrogen-bond donors (Lipinski definition) is 0. The van der Waals surface area contributed by atoms with Crippen molar-refractivity contribution in [3.63, 3.8) is 0 Å². The van der Waals surface area contributed by atoms with Crippen molar-refractivity contribution in [1.82, 2.24) is 0 Å². The number of carbonyl (C=O) groups excluding carboxylic acids is 1.